The molecular weight excluding hydrogens is 232 g/mol. The SMILES string of the molecule is C[C@]1(CBr)[C@H]2CC[C@]1(C)C(=O)OC2. The summed E-state index contributed by atoms with van der Waals surface area (Å²) in [6, 6.07) is 0. The van der Waals surface area contributed by atoms with Gasteiger partial charge >= 0.3 is 5.97 Å². The Bertz CT molecular complexity index is 253. The lowest BCUT2D eigenvalue weighted by molar-refractivity contribution is -0.173. The minimum Gasteiger partial charge on any atom is -0.465 e. The first-order valence-corrected chi connectivity index (χ1v) is 5.90. The average Bonchev–Trinajstić information content (AvgIpc) is 2.26. The molecule has 1 heterocycles. The fourth-order valence-electron chi connectivity index (χ4n) is 2.71. The molecule has 0 N–H and O–H groups in total. The zero-order valence-corrected chi connectivity index (χ0v) is 9.69. The van der Waals surface area contributed by atoms with Gasteiger partial charge in [-0.2, -0.15) is 0 Å². The van der Waals surface area contributed by atoms with Crippen LogP contribution in [0.5, 0.6) is 0 Å². The van der Waals surface area contributed by atoms with Crippen LogP contribution in [0.15, 0.2) is 0 Å². The molecule has 3 heteroatoms. The van der Waals surface area contributed by atoms with Gasteiger partial charge in [0.25, 0.3) is 0 Å². The minimum absolute atomic E-state index is 0.00296. The summed E-state index contributed by atoms with van der Waals surface area (Å²) in [5.41, 5.74) is -0.151. The molecule has 2 rings (SSSR count). The normalized spacial score (nSPS) is 49.2. The molecule has 2 fully saturated rings. The second kappa shape index (κ2) is 2.72. The van der Waals surface area contributed by atoms with Gasteiger partial charge in [-0.3, -0.25) is 4.79 Å². The number of carbonyl (C=O) groups is 1. The van der Waals surface area contributed by atoms with Crippen molar-refractivity contribution in [3.63, 3.8) is 0 Å². The van der Waals surface area contributed by atoms with Crippen LogP contribution in [0.4, 0.5) is 0 Å². The van der Waals surface area contributed by atoms with E-state index in [0.29, 0.717) is 12.5 Å². The number of carbonyl (C=O) groups excluding carboxylic acids is 1. The Hall–Kier alpha value is -0.0500. The molecular formula is C10H15BrO2. The quantitative estimate of drug-likeness (QED) is 0.525. The van der Waals surface area contributed by atoms with E-state index in [9.17, 15) is 4.79 Å². The van der Waals surface area contributed by atoms with Crippen molar-refractivity contribution < 1.29 is 9.53 Å². The summed E-state index contributed by atoms with van der Waals surface area (Å²) in [6.07, 6.45) is 2.11. The van der Waals surface area contributed by atoms with Gasteiger partial charge in [0.2, 0.25) is 0 Å². The second-order valence-corrected chi connectivity index (χ2v) is 5.28. The maximum Gasteiger partial charge on any atom is 0.312 e. The van der Waals surface area contributed by atoms with Gasteiger partial charge in [-0.1, -0.05) is 22.9 Å². The van der Waals surface area contributed by atoms with Crippen LogP contribution in [-0.2, 0) is 9.53 Å². The molecule has 1 saturated heterocycles. The molecule has 1 saturated carbocycles. The topological polar surface area (TPSA) is 26.3 Å². The molecule has 3 atom stereocenters. The summed E-state index contributed by atoms with van der Waals surface area (Å²) in [7, 11) is 0. The molecule has 2 bridgehead atoms. The van der Waals surface area contributed by atoms with Crippen molar-refractivity contribution in [2.45, 2.75) is 26.7 Å². The molecule has 13 heavy (non-hydrogen) atoms. The molecule has 1 aliphatic heterocycles. The number of alkyl halides is 1. The van der Waals surface area contributed by atoms with Gasteiger partial charge in [0.05, 0.1) is 12.0 Å². The predicted molar refractivity (Wildman–Crippen MR) is 53.7 cm³/mol. The van der Waals surface area contributed by atoms with Crippen LogP contribution in [0.25, 0.3) is 0 Å². The number of hydrogen-bond acceptors (Lipinski definition) is 2. The summed E-state index contributed by atoms with van der Waals surface area (Å²) in [6.45, 7) is 4.88. The van der Waals surface area contributed by atoms with Gasteiger partial charge in [0, 0.05) is 11.2 Å². The van der Waals surface area contributed by atoms with Crippen LogP contribution in [0.3, 0.4) is 0 Å². The van der Waals surface area contributed by atoms with Crippen LogP contribution in [0.2, 0.25) is 0 Å². The summed E-state index contributed by atoms with van der Waals surface area (Å²) < 4.78 is 5.21. The zero-order chi connectivity index (χ0) is 9.69. The van der Waals surface area contributed by atoms with Crippen molar-refractivity contribution in [3.8, 4) is 0 Å². The van der Waals surface area contributed by atoms with Gasteiger partial charge in [-0.25, -0.2) is 0 Å². The first-order chi connectivity index (χ1) is 6.04. The molecule has 2 nitrogen and oxygen atoms in total. The van der Waals surface area contributed by atoms with Gasteiger partial charge in [-0.15, -0.1) is 0 Å². The number of ether oxygens (including phenoxy) is 1. The molecule has 0 aromatic rings. The van der Waals surface area contributed by atoms with Crippen molar-refractivity contribution in [3.05, 3.63) is 0 Å². The third-order valence-corrected chi connectivity index (χ3v) is 5.46. The Morgan fingerprint density at radius 2 is 2.31 bits per heavy atom. The molecule has 0 aromatic carbocycles. The highest BCUT2D eigenvalue weighted by Gasteiger charge is 2.61. The van der Waals surface area contributed by atoms with Crippen LogP contribution < -0.4 is 0 Å². The highest BCUT2D eigenvalue weighted by atomic mass is 79.9. The van der Waals surface area contributed by atoms with Crippen LogP contribution in [-0.4, -0.2) is 17.9 Å². The Morgan fingerprint density at radius 1 is 1.62 bits per heavy atom. The van der Waals surface area contributed by atoms with Crippen molar-refractivity contribution in [1.29, 1.82) is 0 Å². The molecule has 74 valence electrons. The van der Waals surface area contributed by atoms with Gasteiger partial charge in [0.15, 0.2) is 0 Å². The van der Waals surface area contributed by atoms with Crippen molar-refractivity contribution in [2.75, 3.05) is 11.9 Å². The maximum atomic E-state index is 11.7. The second-order valence-electron chi connectivity index (χ2n) is 4.72. The third kappa shape index (κ3) is 0.969. The molecule has 1 aliphatic carbocycles. The predicted octanol–water partition coefficient (Wildman–Crippen LogP) is 2.36. The van der Waals surface area contributed by atoms with E-state index < -0.39 is 0 Å². The lowest BCUT2D eigenvalue weighted by Gasteiger charge is -2.45. The molecule has 2 aliphatic rings. The van der Waals surface area contributed by atoms with Crippen molar-refractivity contribution >= 4 is 21.9 Å². The van der Waals surface area contributed by atoms with E-state index in [1.54, 1.807) is 0 Å². The van der Waals surface area contributed by atoms with E-state index in [0.717, 1.165) is 18.2 Å². The number of cyclic esters (lactones) is 1. The molecule has 0 radical (unpaired) electrons. The molecule has 0 aromatic heterocycles. The number of esters is 1. The Morgan fingerprint density at radius 3 is 2.85 bits per heavy atom. The third-order valence-electron chi connectivity index (χ3n) is 4.30. The zero-order valence-electron chi connectivity index (χ0n) is 8.10. The van der Waals surface area contributed by atoms with Gasteiger partial charge < -0.3 is 4.74 Å². The smallest absolute Gasteiger partial charge is 0.312 e. The maximum absolute atomic E-state index is 11.7. The standard InChI is InChI=1S/C10H15BrO2/c1-9-4-3-7(5-13-8(9)12)10(9,2)6-11/h7H,3-6H2,1-2H3/t7-,9+,10-/m0/s1. The Kier molecular flexibility index (Phi) is 1.99. The molecule has 0 amide bonds. The number of hydrogen-bond donors (Lipinski definition) is 0. The summed E-state index contributed by atoms with van der Waals surface area (Å²) in [5.74, 6) is 0.553. The van der Waals surface area contributed by atoms with Crippen LogP contribution in [0, 0.1) is 16.7 Å². The summed E-state index contributed by atoms with van der Waals surface area (Å²) >= 11 is 3.54. The monoisotopic (exact) mass is 246 g/mol. The van der Waals surface area contributed by atoms with E-state index >= 15 is 0 Å². The lowest BCUT2D eigenvalue weighted by atomic mass is 9.64. The largest absolute Gasteiger partial charge is 0.465 e. The fourth-order valence-corrected chi connectivity index (χ4v) is 3.79. The minimum atomic E-state index is -0.251. The van der Waals surface area contributed by atoms with E-state index in [-0.39, 0.29) is 16.8 Å². The lowest BCUT2D eigenvalue weighted by Crippen LogP contribution is -2.50. The van der Waals surface area contributed by atoms with E-state index in [1.165, 1.54) is 0 Å². The number of halogens is 1. The first-order valence-electron chi connectivity index (χ1n) is 4.78. The fraction of sp³-hybridized carbons (Fsp3) is 0.900. The highest BCUT2D eigenvalue weighted by molar-refractivity contribution is 9.09. The first kappa shape index (κ1) is 9.50. The summed E-state index contributed by atoms with van der Waals surface area (Å²) in [5, 5.41) is 0.899. The van der Waals surface area contributed by atoms with Crippen molar-refractivity contribution in [1.82, 2.24) is 0 Å². The molecule has 0 spiro atoms. The number of rotatable bonds is 1. The van der Waals surface area contributed by atoms with Crippen LogP contribution >= 0.6 is 15.9 Å². The Labute approximate surface area is 87.2 Å². The molecule has 0 unspecified atom stereocenters. The highest BCUT2D eigenvalue weighted by Crippen LogP contribution is 2.59. The van der Waals surface area contributed by atoms with E-state index in [1.807, 2.05) is 0 Å². The van der Waals surface area contributed by atoms with Crippen molar-refractivity contribution in [2.24, 2.45) is 16.7 Å². The van der Waals surface area contributed by atoms with E-state index in [2.05, 4.69) is 29.8 Å². The average molecular weight is 247 g/mol. The van der Waals surface area contributed by atoms with Crippen LogP contribution in [0.1, 0.15) is 26.7 Å². The van der Waals surface area contributed by atoms with Gasteiger partial charge in [0.1, 0.15) is 0 Å². The summed E-state index contributed by atoms with van der Waals surface area (Å²) in [4.78, 5) is 11.7. The Balaban J connectivity index is 2.43. The number of fused-ring (bicyclic) bond motifs is 2. The van der Waals surface area contributed by atoms with E-state index in [4.69, 9.17) is 4.74 Å². The van der Waals surface area contributed by atoms with Gasteiger partial charge in [-0.05, 0) is 25.2 Å².